The third-order valence-corrected chi connectivity index (χ3v) is 2.62. The van der Waals surface area contributed by atoms with Gasteiger partial charge in [0.05, 0.1) is 0 Å². The van der Waals surface area contributed by atoms with Crippen molar-refractivity contribution < 1.29 is 10.2 Å². The van der Waals surface area contributed by atoms with Gasteiger partial charge in [0.1, 0.15) is 11.5 Å². The van der Waals surface area contributed by atoms with Crippen molar-refractivity contribution in [1.82, 2.24) is 0 Å². The monoisotopic (exact) mass is 190 g/mol. The Hall–Kier alpha value is -1.44. The maximum Gasteiger partial charge on any atom is 0.126 e. The first kappa shape index (κ1) is 9.13. The van der Waals surface area contributed by atoms with Crippen LogP contribution in [-0.2, 0) is 0 Å². The van der Waals surface area contributed by atoms with Gasteiger partial charge < -0.3 is 10.2 Å². The first-order chi connectivity index (χ1) is 6.59. The van der Waals surface area contributed by atoms with E-state index in [-0.39, 0.29) is 11.5 Å². The molecule has 1 aromatic rings. The Bertz CT molecular complexity index is 390. The van der Waals surface area contributed by atoms with Gasteiger partial charge in [-0.1, -0.05) is 6.58 Å². The first-order valence-corrected chi connectivity index (χ1v) is 4.81. The average Bonchev–Trinajstić information content (AvgIpc) is 2.86. The van der Waals surface area contributed by atoms with Crippen LogP contribution < -0.4 is 0 Å². The van der Waals surface area contributed by atoms with E-state index in [4.69, 9.17) is 0 Å². The highest BCUT2D eigenvalue weighted by Gasteiger charge is 2.27. The van der Waals surface area contributed by atoms with Gasteiger partial charge >= 0.3 is 0 Å². The van der Waals surface area contributed by atoms with Gasteiger partial charge in [0.25, 0.3) is 0 Å². The summed E-state index contributed by atoms with van der Waals surface area (Å²) in [6, 6.07) is 3.27. The molecule has 0 bridgehead atoms. The Morgan fingerprint density at radius 3 is 2.43 bits per heavy atom. The Morgan fingerprint density at radius 1 is 1.29 bits per heavy atom. The summed E-state index contributed by atoms with van der Waals surface area (Å²) in [4.78, 5) is 0. The van der Waals surface area contributed by atoms with Crippen LogP contribution in [0.25, 0.3) is 5.57 Å². The van der Waals surface area contributed by atoms with E-state index in [1.165, 1.54) is 6.07 Å². The molecule has 0 unspecified atom stereocenters. The number of benzene rings is 1. The molecule has 1 aliphatic rings. The van der Waals surface area contributed by atoms with Crippen LogP contribution in [0.2, 0.25) is 0 Å². The minimum absolute atomic E-state index is 0.111. The molecule has 74 valence electrons. The van der Waals surface area contributed by atoms with Crippen molar-refractivity contribution in [2.45, 2.75) is 25.7 Å². The van der Waals surface area contributed by atoms with Crippen molar-refractivity contribution in [3.05, 3.63) is 29.8 Å². The summed E-state index contributed by atoms with van der Waals surface area (Å²) in [5.41, 5.74) is 2.51. The van der Waals surface area contributed by atoms with E-state index in [2.05, 4.69) is 6.58 Å². The van der Waals surface area contributed by atoms with Crippen LogP contribution in [0.4, 0.5) is 0 Å². The second-order valence-electron chi connectivity index (χ2n) is 3.98. The Morgan fingerprint density at radius 2 is 1.93 bits per heavy atom. The van der Waals surface area contributed by atoms with Crippen molar-refractivity contribution in [2.24, 2.45) is 0 Å². The highest BCUT2D eigenvalue weighted by atomic mass is 16.3. The second kappa shape index (κ2) is 3.05. The number of phenols is 2. The summed E-state index contributed by atoms with van der Waals surface area (Å²) in [6.07, 6.45) is 2.27. The molecule has 1 aromatic carbocycles. The fourth-order valence-corrected chi connectivity index (χ4v) is 1.66. The Balaban J connectivity index is 2.51. The summed E-state index contributed by atoms with van der Waals surface area (Å²) in [7, 11) is 0. The number of rotatable bonds is 2. The molecule has 0 radical (unpaired) electrons. The molecule has 2 rings (SSSR count). The van der Waals surface area contributed by atoms with E-state index < -0.39 is 0 Å². The molecular formula is C12H14O2. The van der Waals surface area contributed by atoms with E-state index in [9.17, 15) is 10.2 Å². The van der Waals surface area contributed by atoms with E-state index in [1.54, 1.807) is 0 Å². The third kappa shape index (κ3) is 1.48. The van der Waals surface area contributed by atoms with Crippen LogP contribution >= 0.6 is 0 Å². The molecule has 2 N–H and O–H groups in total. The smallest absolute Gasteiger partial charge is 0.126 e. The molecule has 0 spiro atoms. The van der Waals surface area contributed by atoms with Crippen molar-refractivity contribution in [3.63, 3.8) is 0 Å². The van der Waals surface area contributed by atoms with E-state index in [1.807, 2.05) is 13.0 Å². The van der Waals surface area contributed by atoms with Crippen molar-refractivity contribution >= 4 is 5.57 Å². The lowest BCUT2D eigenvalue weighted by Gasteiger charge is -2.09. The minimum Gasteiger partial charge on any atom is -0.508 e. The van der Waals surface area contributed by atoms with Crippen LogP contribution in [0.5, 0.6) is 11.5 Å². The van der Waals surface area contributed by atoms with Gasteiger partial charge in [0.15, 0.2) is 0 Å². The van der Waals surface area contributed by atoms with Crippen LogP contribution in [0.3, 0.4) is 0 Å². The van der Waals surface area contributed by atoms with Gasteiger partial charge in [-0.2, -0.15) is 0 Å². The molecule has 0 aromatic heterocycles. The summed E-state index contributed by atoms with van der Waals surface area (Å²) >= 11 is 0. The summed E-state index contributed by atoms with van der Waals surface area (Å²) < 4.78 is 0. The zero-order valence-corrected chi connectivity index (χ0v) is 8.25. The van der Waals surface area contributed by atoms with Gasteiger partial charge in [-0.3, -0.25) is 0 Å². The Labute approximate surface area is 83.5 Å². The lowest BCUT2D eigenvalue weighted by atomic mass is 10.0. The number of hydrogen-bond acceptors (Lipinski definition) is 2. The standard InChI is InChI=1S/C12H14O2/c1-7(2)9-5-10(8-3-4-8)12(14)6-11(9)13/h5-6,8,13-14H,1,3-4H2,2H3. The van der Waals surface area contributed by atoms with Crippen LogP contribution in [0, 0.1) is 0 Å². The van der Waals surface area contributed by atoms with Gasteiger partial charge in [-0.05, 0) is 42.9 Å². The molecule has 0 amide bonds. The SMILES string of the molecule is C=C(C)c1cc(C2CC2)c(O)cc1O. The molecule has 1 aliphatic carbocycles. The average molecular weight is 190 g/mol. The lowest BCUT2D eigenvalue weighted by Crippen LogP contribution is -1.86. The van der Waals surface area contributed by atoms with Gasteiger partial charge in [0.2, 0.25) is 0 Å². The van der Waals surface area contributed by atoms with E-state index in [0.29, 0.717) is 5.92 Å². The number of phenolic OH excluding ortho intramolecular Hbond substituents is 2. The topological polar surface area (TPSA) is 40.5 Å². The number of allylic oxidation sites excluding steroid dienone is 1. The minimum atomic E-state index is 0.111. The quantitative estimate of drug-likeness (QED) is 0.752. The van der Waals surface area contributed by atoms with Crippen LogP contribution in [0.1, 0.15) is 36.8 Å². The molecule has 1 saturated carbocycles. The highest BCUT2D eigenvalue weighted by Crippen LogP contribution is 2.46. The molecule has 2 heteroatoms. The van der Waals surface area contributed by atoms with Crippen LogP contribution in [-0.4, -0.2) is 10.2 Å². The predicted octanol–water partition coefficient (Wildman–Crippen LogP) is 3.01. The van der Waals surface area contributed by atoms with Crippen molar-refractivity contribution in [2.75, 3.05) is 0 Å². The highest BCUT2D eigenvalue weighted by molar-refractivity contribution is 5.69. The second-order valence-corrected chi connectivity index (χ2v) is 3.98. The zero-order valence-electron chi connectivity index (χ0n) is 8.25. The number of aromatic hydroxyl groups is 2. The fourth-order valence-electron chi connectivity index (χ4n) is 1.66. The molecule has 0 saturated heterocycles. The zero-order chi connectivity index (χ0) is 10.3. The summed E-state index contributed by atoms with van der Waals surface area (Å²) in [5.74, 6) is 0.795. The molecule has 14 heavy (non-hydrogen) atoms. The first-order valence-electron chi connectivity index (χ1n) is 4.81. The lowest BCUT2D eigenvalue weighted by molar-refractivity contribution is 0.445. The molecule has 0 atom stereocenters. The largest absolute Gasteiger partial charge is 0.508 e. The maximum atomic E-state index is 9.62. The summed E-state index contributed by atoms with van der Waals surface area (Å²) in [6.45, 7) is 5.65. The predicted molar refractivity (Wildman–Crippen MR) is 56.5 cm³/mol. The van der Waals surface area contributed by atoms with E-state index >= 15 is 0 Å². The third-order valence-electron chi connectivity index (χ3n) is 2.62. The van der Waals surface area contributed by atoms with Crippen LogP contribution in [0.15, 0.2) is 18.7 Å². The van der Waals surface area contributed by atoms with Crippen molar-refractivity contribution in [3.8, 4) is 11.5 Å². The van der Waals surface area contributed by atoms with Crippen molar-refractivity contribution in [1.29, 1.82) is 0 Å². The number of hydrogen-bond donors (Lipinski definition) is 2. The van der Waals surface area contributed by atoms with Gasteiger partial charge in [-0.25, -0.2) is 0 Å². The van der Waals surface area contributed by atoms with Gasteiger partial charge in [0, 0.05) is 11.6 Å². The Kier molecular flexibility index (Phi) is 1.99. The van der Waals surface area contributed by atoms with E-state index in [0.717, 1.165) is 29.5 Å². The molecular weight excluding hydrogens is 176 g/mol. The molecule has 0 heterocycles. The normalized spacial score (nSPS) is 15.5. The summed E-state index contributed by atoms with van der Waals surface area (Å²) in [5, 5.41) is 19.2. The maximum absolute atomic E-state index is 9.62. The molecule has 2 nitrogen and oxygen atoms in total. The molecule has 0 aliphatic heterocycles. The molecule has 1 fully saturated rings. The van der Waals surface area contributed by atoms with Gasteiger partial charge in [-0.15, -0.1) is 0 Å². The fraction of sp³-hybridized carbons (Fsp3) is 0.333.